The summed E-state index contributed by atoms with van der Waals surface area (Å²) in [5.41, 5.74) is 7.50. The standard InChI is InChI=1S/C21H30ClN5O3S/c1-3-11(9-16-13(22)6-8-31-16)26-14-5-7-25-20(17(14)23)27-15-10-12(18(28)19(15)29)21(30)24-4-2/h5-8,11-12,15,18-19,28-29H,3-4,9-10,23H2,1-2H3,(H,24,30)(H2,25,26,27)/t11-,12+,15-,18-,19+/m1/s1. The van der Waals surface area contributed by atoms with E-state index in [2.05, 4.69) is 27.9 Å². The molecule has 7 N–H and O–H groups in total. The lowest BCUT2D eigenvalue weighted by atomic mass is 10.0. The monoisotopic (exact) mass is 467 g/mol. The van der Waals surface area contributed by atoms with E-state index in [4.69, 9.17) is 17.3 Å². The maximum Gasteiger partial charge on any atom is 0.225 e. The van der Waals surface area contributed by atoms with Gasteiger partial charge in [-0.3, -0.25) is 4.79 Å². The van der Waals surface area contributed by atoms with E-state index in [9.17, 15) is 15.0 Å². The largest absolute Gasteiger partial charge is 0.394 e. The summed E-state index contributed by atoms with van der Waals surface area (Å²) in [6.45, 7) is 4.37. The lowest BCUT2D eigenvalue weighted by Gasteiger charge is -2.23. The number of rotatable bonds is 9. The maximum absolute atomic E-state index is 12.2. The molecule has 10 heteroatoms. The zero-order valence-electron chi connectivity index (χ0n) is 17.6. The number of carbonyl (C=O) groups excluding carboxylic acids is 1. The number of pyridine rings is 1. The van der Waals surface area contributed by atoms with Crippen LogP contribution >= 0.6 is 22.9 Å². The minimum absolute atomic E-state index is 0.134. The average Bonchev–Trinajstić information content (AvgIpc) is 3.28. The van der Waals surface area contributed by atoms with Crippen LogP contribution in [0.25, 0.3) is 0 Å². The molecule has 0 bridgehead atoms. The Kier molecular flexibility index (Phi) is 7.99. The second-order valence-electron chi connectivity index (χ2n) is 7.73. The van der Waals surface area contributed by atoms with Crippen LogP contribution in [0.2, 0.25) is 5.02 Å². The van der Waals surface area contributed by atoms with Gasteiger partial charge in [0.15, 0.2) is 5.82 Å². The van der Waals surface area contributed by atoms with Crippen molar-refractivity contribution in [1.82, 2.24) is 10.3 Å². The Morgan fingerprint density at radius 1 is 1.35 bits per heavy atom. The van der Waals surface area contributed by atoms with Crippen molar-refractivity contribution in [1.29, 1.82) is 0 Å². The molecule has 0 aromatic carbocycles. The number of halogens is 1. The number of aliphatic hydroxyl groups is 2. The van der Waals surface area contributed by atoms with E-state index >= 15 is 0 Å². The van der Waals surface area contributed by atoms with E-state index in [0.717, 1.165) is 28.4 Å². The summed E-state index contributed by atoms with van der Waals surface area (Å²) in [6, 6.07) is 3.29. The van der Waals surface area contributed by atoms with Crippen LogP contribution in [-0.2, 0) is 11.2 Å². The number of hydrogen-bond donors (Lipinski definition) is 6. The van der Waals surface area contributed by atoms with Crippen molar-refractivity contribution in [3.63, 3.8) is 0 Å². The summed E-state index contributed by atoms with van der Waals surface area (Å²) >= 11 is 7.87. The van der Waals surface area contributed by atoms with Gasteiger partial charge in [0.1, 0.15) is 6.10 Å². The third kappa shape index (κ3) is 5.41. The summed E-state index contributed by atoms with van der Waals surface area (Å²) in [6.07, 6.45) is 1.31. The molecule has 0 aliphatic heterocycles. The van der Waals surface area contributed by atoms with Crippen LogP contribution in [0.15, 0.2) is 23.7 Å². The smallest absolute Gasteiger partial charge is 0.225 e. The Morgan fingerprint density at radius 3 is 2.77 bits per heavy atom. The number of aliphatic hydroxyl groups excluding tert-OH is 2. The van der Waals surface area contributed by atoms with Gasteiger partial charge in [0.2, 0.25) is 5.91 Å². The van der Waals surface area contributed by atoms with Crippen LogP contribution in [0.1, 0.15) is 31.6 Å². The van der Waals surface area contributed by atoms with Gasteiger partial charge in [-0.25, -0.2) is 4.98 Å². The highest BCUT2D eigenvalue weighted by Gasteiger charge is 2.45. The summed E-state index contributed by atoms with van der Waals surface area (Å²) in [5.74, 6) is -0.551. The second kappa shape index (κ2) is 10.5. The molecule has 1 fully saturated rings. The van der Waals surface area contributed by atoms with Crippen LogP contribution in [0, 0.1) is 5.92 Å². The van der Waals surface area contributed by atoms with Crippen molar-refractivity contribution in [2.75, 3.05) is 22.9 Å². The van der Waals surface area contributed by atoms with E-state index in [-0.39, 0.29) is 18.4 Å². The highest BCUT2D eigenvalue weighted by atomic mass is 35.5. The third-order valence-corrected chi connectivity index (χ3v) is 7.07. The number of anilines is 3. The number of thiophene rings is 1. The Labute approximate surface area is 191 Å². The van der Waals surface area contributed by atoms with Gasteiger partial charge >= 0.3 is 0 Å². The van der Waals surface area contributed by atoms with Crippen molar-refractivity contribution in [3.8, 4) is 0 Å². The van der Waals surface area contributed by atoms with Crippen molar-refractivity contribution < 1.29 is 15.0 Å². The quantitative estimate of drug-likeness (QED) is 0.333. The minimum Gasteiger partial charge on any atom is -0.394 e. The lowest BCUT2D eigenvalue weighted by Crippen LogP contribution is -2.39. The lowest BCUT2D eigenvalue weighted by molar-refractivity contribution is -0.128. The first kappa shape index (κ1) is 23.6. The summed E-state index contributed by atoms with van der Waals surface area (Å²) in [7, 11) is 0. The number of aromatic nitrogens is 1. The molecule has 1 saturated carbocycles. The molecule has 0 saturated heterocycles. The van der Waals surface area contributed by atoms with Crippen molar-refractivity contribution >= 4 is 46.0 Å². The molecule has 170 valence electrons. The SMILES string of the molecule is CCNC(=O)[C@H]1C[C@@H](Nc2nccc(N[C@H](CC)Cc3sccc3Cl)c2N)[C@H](O)[C@@H]1O. The number of nitrogens with zero attached hydrogens (tertiary/aromatic N) is 1. The van der Waals surface area contributed by atoms with Crippen molar-refractivity contribution in [3.05, 3.63) is 33.6 Å². The first-order valence-corrected chi connectivity index (χ1v) is 11.7. The first-order chi connectivity index (χ1) is 14.8. The number of hydrogen-bond acceptors (Lipinski definition) is 8. The molecular formula is C21H30ClN5O3S. The molecule has 2 aromatic heterocycles. The number of amides is 1. The minimum atomic E-state index is -1.15. The van der Waals surface area contributed by atoms with Crippen LogP contribution in [-0.4, -0.2) is 51.9 Å². The average molecular weight is 468 g/mol. The second-order valence-corrected chi connectivity index (χ2v) is 9.14. The topological polar surface area (TPSA) is 133 Å². The van der Waals surface area contributed by atoms with E-state index < -0.39 is 24.2 Å². The highest BCUT2D eigenvalue weighted by Crippen LogP contribution is 2.33. The molecule has 0 spiro atoms. The Hall–Kier alpha value is -2.07. The number of nitrogen functional groups attached to an aromatic ring is 1. The number of nitrogens with one attached hydrogen (secondary N) is 3. The van der Waals surface area contributed by atoms with E-state index in [0.29, 0.717) is 18.1 Å². The molecule has 3 rings (SSSR count). The van der Waals surface area contributed by atoms with Crippen LogP contribution in [0.3, 0.4) is 0 Å². The zero-order valence-corrected chi connectivity index (χ0v) is 19.2. The number of nitrogens with two attached hydrogens (primary N) is 1. The molecule has 8 nitrogen and oxygen atoms in total. The predicted molar refractivity (Wildman–Crippen MR) is 126 cm³/mol. The molecule has 2 heterocycles. The highest BCUT2D eigenvalue weighted by molar-refractivity contribution is 7.10. The van der Waals surface area contributed by atoms with Crippen LogP contribution in [0.4, 0.5) is 17.2 Å². The molecule has 0 radical (unpaired) electrons. The van der Waals surface area contributed by atoms with E-state index in [1.54, 1.807) is 23.6 Å². The predicted octanol–water partition coefficient (Wildman–Crippen LogP) is 2.47. The summed E-state index contributed by atoms with van der Waals surface area (Å²) < 4.78 is 0. The van der Waals surface area contributed by atoms with E-state index in [1.807, 2.05) is 18.4 Å². The van der Waals surface area contributed by atoms with Gasteiger partial charge in [0, 0.05) is 30.1 Å². The number of carbonyl (C=O) groups is 1. The fraction of sp³-hybridized carbons (Fsp3) is 0.524. The normalized spacial score (nSPS) is 24.0. The molecule has 31 heavy (non-hydrogen) atoms. The molecule has 1 amide bonds. The van der Waals surface area contributed by atoms with Crippen molar-refractivity contribution in [2.24, 2.45) is 5.92 Å². The van der Waals surface area contributed by atoms with Gasteiger partial charge in [-0.05, 0) is 37.3 Å². The van der Waals surface area contributed by atoms with Gasteiger partial charge in [0.25, 0.3) is 0 Å². The fourth-order valence-corrected chi connectivity index (χ4v) is 5.04. The van der Waals surface area contributed by atoms with Gasteiger partial charge in [-0.15, -0.1) is 11.3 Å². The zero-order chi connectivity index (χ0) is 22.5. The molecular weight excluding hydrogens is 438 g/mol. The van der Waals surface area contributed by atoms with Gasteiger partial charge in [0.05, 0.1) is 34.5 Å². The summed E-state index contributed by atoms with van der Waals surface area (Å²) in [4.78, 5) is 17.6. The van der Waals surface area contributed by atoms with E-state index in [1.165, 1.54) is 0 Å². The molecule has 1 aliphatic carbocycles. The molecule has 2 aromatic rings. The van der Waals surface area contributed by atoms with Gasteiger partial charge < -0.3 is 31.9 Å². The van der Waals surface area contributed by atoms with Crippen molar-refractivity contribution in [2.45, 2.75) is 57.4 Å². The van der Waals surface area contributed by atoms with Gasteiger partial charge in [-0.1, -0.05) is 18.5 Å². The Bertz CT molecular complexity index is 896. The Balaban J connectivity index is 1.70. The van der Waals surface area contributed by atoms with Gasteiger partial charge in [-0.2, -0.15) is 0 Å². The molecule has 5 atom stereocenters. The molecule has 0 unspecified atom stereocenters. The third-order valence-electron chi connectivity index (χ3n) is 5.66. The summed E-state index contributed by atoms with van der Waals surface area (Å²) in [5, 5.41) is 32.7. The van der Waals surface area contributed by atoms with Crippen LogP contribution in [0.5, 0.6) is 0 Å². The molecule has 1 aliphatic rings. The maximum atomic E-state index is 12.2. The first-order valence-electron chi connectivity index (χ1n) is 10.5. The Morgan fingerprint density at radius 2 is 2.13 bits per heavy atom. The fourth-order valence-electron chi connectivity index (χ4n) is 3.84. The van der Waals surface area contributed by atoms with Crippen LogP contribution < -0.4 is 21.7 Å².